The maximum Gasteiger partial charge on any atom is 0.119 e. The fourth-order valence-corrected chi connectivity index (χ4v) is 1.69. The molecular weight excluding hydrogens is 186 g/mol. The van der Waals surface area contributed by atoms with E-state index in [1.54, 1.807) is 0 Å². The summed E-state index contributed by atoms with van der Waals surface area (Å²) >= 11 is 0. The van der Waals surface area contributed by atoms with Crippen molar-refractivity contribution in [3.8, 4) is 5.75 Å². The minimum absolute atomic E-state index is 0.472. The first-order valence-corrected chi connectivity index (χ1v) is 5.69. The van der Waals surface area contributed by atoms with Gasteiger partial charge in [0.15, 0.2) is 0 Å². The number of hydrogen-bond donors (Lipinski definition) is 0. The van der Waals surface area contributed by atoms with Gasteiger partial charge in [-0.05, 0) is 32.1 Å². The molecule has 0 N–H and O–H groups in total. The van der Waals surface area contributed by atoms with Crippen LogP contribution >= 0.6 is 0 Å². The minimum Gasteiger partial charge on any atom is -0.492 e. The normalized spacial score (nSPS) is 12.8. The van der Waals surface area contributed by atoms with E-state index in [1.165, 1.54) is 0 Å². The Balaban J connectivity index is 2.36. The first kappa shape index (κ1) is 12.1. The number of rotatable bonds is 6. The zero-order valence-electron chi connectivity index (χ0n) is 9.94. The molecular formula is C13H21NO. The second-order valence-electron chi connectivity index (χ2n) is 3.69. The van der Waals surface area contributed by atoms with Crippen LogP contribution in [0.4, 0.5) is 0 Å². The summed E-state index contributed by atoms with van der Waals surface area (Å²) in [6.07, 6.45) is 0. The van der Waals surface area contributed by atoms with E-state index in [0.29, 0.717) is 6.04 Å². The van der Waals surface area contributed by atoms with Gasteiger partial charge in [-0.15, -0.1) is 0 Å². The molecule has 0 unspecified atom stereocenters. The predicted molar refractivity (Wildman–Crippen MR) is 64.3 cm³/mol. The molecule has 2 nitrogen and oxygen atoms in total. The van der Waals surface area contributed by atoms with E-state index in [2.05, 4.69) is 25.7 Å². The number of benzene rings is 1. The van der Waals surface area contributed by atoms with Gasteiger partial charge < -0.3 is 4.74 Å². The quantitative estimate of drug-likeness (QED) is 0.711. The molecule has 0 heterocycles. The lowest BCUT2D eigenvalue weighted by Gasteiger charge is -2.26. The molecule has 2 heteroatoms. The highest BCUT2D eigenvalue weighted by Crippen LogP contribution is 2.09. The van der Waals surface area contributed by atoms with Crippen LogP contribution in [0.1, 0.15) is 20.8 Å². The van der Waals surface area contributed by atoms with Crippen molar-refractivity contribution in [3.63, 3.8) is 0 Å². The maximum absolute atomic E-state index is 5.71. The molecule has 0 saturated carbocycles. The Bertz CT molecular complexity index is 256. The van der Waals surface area contributed by atoms with Gasteiger partial charge in [0.1, 0.15) is 12.4 Å². The average molecular weight is 207 g/mol. The van der Waals surface area contributed by atoms with Crippen LogP contribution < -0.4 is 4.74 Å². The molecule has 1 rings (SSSR count). The van der Waals surface area contributed by atoms with Gasteiger partial charge in [-0.2, -0.15) is 0 Å². The molecule has 1 atom stereocenters. The molecule has 0 amide bonds. The van der Waals surface area contributed by atoms with Gasteiger partial charge in [0.2, 0.25) is 0 Å². The molecule has 0 aliphatic carbocycles. The van der Waals surface area contributed by atoms with E-state index in [-0.39, 0.29) is 0 Å². The van der Waals surface area contributed by atoms with Gasteiger partial charge in [0.25, 0.3) is 0 Å². The van der Waals surface area contributed by atoms with Crippen molar-refractivity contribution >= 4 is 0 Å². The first-order valence-electron chi connectivity index (χ1n) is 5.69. The highest BCUT2D eigenvalue weighted by Gasteiger charge is 2.09. The zero-order valence-corrected chi connectivity index (χ0v) is 9.94. The van der Waals surface area contributed by atoms with Gasteiger partial charge in [0.05, 0.1) is 0 Å². The van der Waals surface area contributed by atoms with Crippen LogP contribution in [0.3, 0.4) is 0 Å². The maximum atomic E-state index is 5.71. The summed E-state index contributed by atoms with van der Waals surface area (Å²) in [5.41, 5.74) is 0. The molecule has 0 saturated heterocycles. The van der Waals surface area contributed by atoms with Crippen LogP contribution in [0.15, 0.2) is 30.3 Å². The Morgan fingerprint density at radius 2 is 1.73 bits per heavy atom. The lowest BCUT2D eigenvalue weighted by atomic mass is 10.3. The van der Waals surface area contributed by atoms with Crippen LogP contribution in [0.25, 0.3) is 0 Å². The summed E-state index contributed by atoms with van der Waals surface area (Å²) in [5.74, 6) is 0.955. The van der Waals surface area contributed by atoms with Crippen molar-refractivity contribution < 1.29 is 4.74 Å². The smallest absolute Gasteiger partial charge is 0.119 e. The molecule has 1 aromatic rings. The molecule has 0 radical (unpaired) electrons. The van der Waals surface area contributed by atoms with E-state index in [4.69, 9.17) is 4.74 Å². The fourth-order valence-electron chi connectivity index (χ4n) is 1.69. The van der Waals surface area contributed by atoms with Gasteiger partial charge in [-0.3, -0.25) is 4.90 Å². The average Bonchev–Trinajstić information content (AvgIpc) is 2.29. The highest BCUT2D eigenvalue weighted by atomic mass is 16.5. The highest BCUT2D eigenvalue weighted by molar-refractivity contribution is 5.20. The summed E-state index contributed by atoms with van der Waals surface area (Å²) in [5, 5.41) is 0. The molecule has 0 aromatic heterocycles. The lowest BCUT2D eigenvalue weighted by Crippen LogP contribution is -2.36. The van der Waals surface area contributed by atoms with Gasteiger partial charge >= 0.3 is 0 Å². The molecule has 0 spiro atoms. The van der Waals surface area contributed by atoms with Crippen LogP contribution in [-0.2, 0) is 0 Å². The van der Waals surface area contributed by atoms with Crippen molar-refractivity contribution in [2.45, 2.75) is 26.8 Å². The Labute approximate surface area is 92.9 Å². The molecule has 0 fully saturated rings. The van der Waals surface area contributed by atoms with Gasteiger partial charge in [-0.1, -0.05) is 32.0 Å². The Hall–Kier alpha value is -1.02. The van der Waals surface area contributed by atoms with Gasteiger partial charge in [0, 0.05) is 6.04 Å². The van der Waals surface area contributed by atoms with Crippen LogP contribution in [-0.4, -0.2) is 30.6 Å². The second kappa shape index (κ2) is 6.46. The van der Waals surface area contributed by atoms with E-state index in [1.807, 2.05) is 30.3 Å². The standard InChI is InChI=1S/C13H21NO/c1-4-14(5-2)12(3)11-15-13-9-7-6-8-10-13/h6-10,12H,4-5,11H2,1-3H3/t12-/m0/s1. The Morgan fingerprint density at radius 1 is 1.13 bits per heavy atom. The largest absolute Gasteiger partial charge is 0.492 e. The number of hydrogen-bond acceptors (Lipinski definition) is 2. The third-order valence-electron chi connectivity index (χ3n) is 2.67. The predicted octanol–water partition coefficient (Wildman–Crippen LogP) is 2.80. The Morgan fingerprint density at radius 3 is 2.27 bits per heavy atom. The molecule has 15 heavy (non-hydrogen) atoms. The van der Waals surface area contributed by atoms with Crippen molar-refractivity contribution in [1.82, 2.24) is 4.90 Å². The summed E-state index contributed by atoms with van der Waals surface area (Å²) in [6, 6.07) is 10.5. The van der Waals surface area contributed by atoms with Crippen LogP contribution in [0.2, 0.25) is 0 Å². The SMILES string of the molecule is CCN(CC)[C@@H](C)COc1ccccc1. The van der Waals surface area contributed by atoms with Crippen molar-refractivity contribution in [2.75, 3.05) is 19.7 Å². The van der Waals surface area contributed by atoms with Crippen LogP contribution in [0, 0.1) is 0 Å². The third-order valence-corrected chi connectivity index (χ3v) is 2.67. The van der Waals surface area contributed by atoms with E-state index >= 15 is 0 Å². The van der Waals surface area contributed by atoms with Crippen molar-refractivity contribution in [2.24, 2.45) is 0 Å². The zero-order chi connectivity index (χ0) is 11.1. The number of nitrogens with zero attached hydrogens (tertiary/aromatic N) is 1. The van der Waals surface area contributed by atoms with Crippen molar-refractivity contribution in [1.29, 1.82) is 0 Å². The minimum atomic E-state index is 0.472. The molecule has 0 aliphatic heterocycles. The van der Waals surface area contributed by atoms with E-state index in [9.17, 15) is 0 Å². The molecule has 84 valence electrons. The number of likely N-dealkylation sites (N-methyl/N-ethyl adjacent to an activating group) is 1. The number of ether oxygens (including phenoxy) is 1. The monoisotopic (exact) mass is 207 g/mol. The lowest BCUT2D eigenvalue weighted by molar-refractivity contribution is 0.158. The molecule has 0 bridgehead atoms. The van der Waals surface area contributed by atoms with Crippen molar-refractivity contribution in [3.05, 3.63) is 30.3 Å². The van der Waals surface area contributed by atoms with E-state index < -0.39 is 0 Å². The summed E-state index contributed by atoms with van der Waals surface area (Å²) < 4.78 is 5.71. The Kier molecular flexibility index (Phi) is 5.19. The summed E-state index contributed by atoms with van der Waals surface area (Å²) in [7, 11) is 0. The van der Waals surface area contributed by atoms with E-state index in [0.717, 1.165) is 25.4 Å². The number of para-hydroxylation sites is 1. The first-order chi connectivity index (χ1) is 7.27. The van der Waals surface area contributed by atoms with Crippen LogP contribution in [0.5, 0.6) is 5.75 Å². The fraction of sp³-hybridized carbons (Fsp3) is 0.538. The second-order valence-corrected chi connectivity index (χ2v) is 3.69. The summed E-state index contributed by atoms with van der Waals surface area (Å²) in [4.78, 5) is 2.39. The van der Waals surface area contributed by atoms with Gasteiger partial charge in [-0.25, -0.2) is 0 Å². The topological polar surface area (TPSA) is 12.5 Å². The molecule has 1 aromatic carbocycles. The summed E-state index contributed by atoms with van der Waals surface area (Å²) in [6.45, 7) is 9.48. The molecule has 0 aliphatic rings. The third kappa shape index (κ3) is 3.92.